The number of pyridine rings is 1. The summed E-state index contributed by atoms with van der Waals surface area (Å²) in [6, 6.07) is 18.3. The summed E-state index contributed by atoms with van der Waals surface area (Å²) in [5.41, 5.74) is 2.83. The highest BCUT2D eigenvalue weighted by Gasteiger charge is 2.23. The fraction of sp³-hybridized carbons (Fsp3) is 0.174. The van der Waals surface area contributed by atoms with Gasteiger partial charge in [-0.3, -0.25) is 14.6 Å². The Morgan fingerprint density at radius 2 is 1.63 bits per heavy atom. The molecular weight excluding hydrogens is 400 g/mol. The van der Waals surface area contributed by atoms with Crippen molar-refractivity contribution in [3.8, 4) is 0 Å². The molecule has 30 heavy (non-hydrogen) atoms. The van der Waals surface area contributed by atoms with E-state index in [1.54, 1.807) is 30.5 Å². The lowest BCUT2D eigenvalue weighted by Gasteiger charge is -2.36. The summed E-state index contributed by atoms with van der Waals surface area (Å²) in [6.45, 7) is 2.72. The van der Waals surface area contributed by atoms with Gasteiger partial charge in [-0.1, -0.05) is 23.7 Å². The van der Waals surface area contributed by atoms with E-state index >= 15 is 0 Å². The lowest BCUT2D eigenvalue weighted by Crippen LogP contribution is -2.48. The monoisotopic (exact) mass is 420 g/mol. The number of benzene rings is 2. The number of piperazine rings is 1. The standard InChI is InChI=1S/C23H21ClN4O2/c24-21-6-2-1-5-20(21)23(30)28-14-12-27(13-15-28)19-9-7-18(8-10-19)26-22(29)17-4-3-11-25-16-17/h1-11,16H,12-15H2,(H,26,29). The van der Waals surface area contributed by atoms with Gasteiger partial charge in [0.2, 0.25) is 0 Å². The summed E-state index contributed by atoms with van der Waals surface area (Å²) in [7, 11) is 0. The summed E-state index contributed by atoms with van der Waals surface area (Å²) in [6.07, 6.45) is 3.17. The van der Waals surface area contributed by atoms with Crippen molar-refractivity contribution in [2.45, 2.75) is 0 Å². The quantitative estimate of drug-likeness (QED) is 0.694. The smallest absolute Gasteiger partial charge is 0.257 e. The summed E-state index contributed by atoms with van der Waals surface area (Å²) in [5.74, 6) is -0.226. The Kier molecular flexibility index (Phi) is 5.95. The lowest BCUT2D eigenvalue weighted by atomic mass is 10.1. The van der Waals surface area contributed by atoms with Gasteiger partial charge in [-0.2, -0.15) is 0 Å². The van der Waals surface area contributed by atoms with Gasteiger partial charge in [0.25, 0.3) is 11.8 Å². The van der Waals surface area contributed by atoms with Crippen LogP contribution in [0.5, 0.6) is 0 Å². The summed E-state index contributed by atoms with van der Waals surface area (Å²) in [4.78, 5) is 33.0. The highest BCUT2D eigenvalue weighted by Crippen LogP contribution is 2.22. The van der Waals surface area contributed by atoms with Gasteiger partial charge in [0, 0.05) is 49.9 Å². The number of anilines is 2. The number of carbonyl (C=O) groups is 2. The fourth-order valence-corrected chi connectivity index (χ4v) is 3.65. The fourth-order valence-electron chi connectivity index (χ4n) is 3.43. The van der Waals surface area contributed by atoms with Crippen LogP contribution in [0.1, 0.15) is 20.7 Å². The molecule has 1 aromatic heterocycles. The molecule has 0 unspecified atom stereocenters. The van der Waals surface area contributed by atoms with Crippen LogP contribution in [0, 0.1) is 0 Å². The minimum atomic E-state index is -0.192. The maximum absolute atomic E-state index is 12.7. The van der Waals surface area contributed by atoms with E-state index in [-0.39, 0.29) is 11.8 Å². The Hall–Kier alpha value is -3.38. The first kappa shape index (κ1) is 19.9. The van der Waals surface area contributed by atoms with Gasteiger partial charge in [0.1, 0.15) is 0 Å². The molecule has 3 aromatic rings. The third kappa shape index (κ3) is 4.44. The number of nitrogens with zero attached hydrogens (tertiary/aromatic N) is 3. The normalized spacial score (nSPS) is 13.8. The van der Waals surface area contributed by atoms with Crippen LogP contribution >= 0.6 is 11.6 Å². The second kappa shape index (κ2) is 8.97. The first-order valence-corrected chi connectivity index (χ1v) is 10.1. The molecule has 0 aliphatic carbocycles. The molecule has 0 bridgehead atoms. The topological polar surface area (TPSA) is 65.5 Å². The van der Waals surface area contributed by atoms with Crippen LogP contribution in [0.2, 0.25) is 5.02 Å². The predicted octanol–water partition coefficient (Wildman–Crippen LogP) is 3.95. The zero-order chi connectivity index (χ0) is 20.9. The van der Waals surface area contributed by atoms with Gasteiger partial charge in [0.15, 0.2) is 0 Å². The summed E-state index contributed by atoms with van der Waals surface area (Å²) in [5, 5.41) is 3.35. The van der Waals surface area contributed by atoms with E-state index in [0.29, 0.717) is 29.2 Å². The first-order valence-electron chi connectivity index (χ1n) is 9.72. The Labute approximate surface area is 180 Å². The van der Waals surface area contributed by atoms with E-state index in [9.17, 15) is 9.59 Å². The van der Waals surface area contributed by atoms with Crippen molar-refractivity contribution in [3.05, 3.63) is 89.2 Å². The minimum absolute atomic E-state index is 0.0336. The van der Waals surface area contributed by atoms with Crippen molar-refractivity contribution in [1.29, 1.82) is 0 Å². The number of amides is 2. The van der Waals surface area contributed by atoms with Crippen molar-refractivity contribution in [2.24, 2.45) is 0 Å². The van der Waals surface area contributed by atoms with Crippen LogP contribution in [-0.2, 0) is 0 Å². The maximum Gasteiger partial charge on any atom is 0.257 e. The van der Waals surface area contributed by atoms with Crippen molar-refractivity contribution < 1.29 is 9.59 Å². The van der Waals surface area contributed by atoms with Crippen molar-refractivity contribution >= 4 is 34.8 Å². The Morgan fingerprint density at radius 1 is 0.900 bits per heavy atom. The number of rotatable bonds is 4. The third-order valence-electron chi connectivity index (χ3n) is 5.09. The Balaban J connectivity index is 1.34. The van der Waals surface area contributed by atoms with Gasteiger partial charge < -0.3 is 15.1 Å². The second-order valence-electron chi connectivity index (χ2n) is 7.00. The second-order valence-corrected chi connectivity index (χ2v) is 7.41. The van der Waals surface area contributed by atoms with Gasteiger partial charge in [-0.05, 0) is 48.5 Å². The van der Waals surface area contributed by atoms with E-state index < -0.39 is 0 Å². The number of hydrogen-bond donors (Lipinski definition) is 1. The number of halogens is 1. The SMILES string of the molecule is O=C(Nc1ccc(N2CCN(C(=O)c3ccccc3Cl)CC2)cc1)c1cccnc1. The molecule has 1 fully saturated rings. The van der Waals surface area contributed by atoms with Gasteiger partial charge in [0.05, 0.1) is 16.1 Å². The molecule has 1 aliphatic rings. The zero-order valence-electron chi connectivity index (χ0n) is 16.3. The number of carbonyl (C=O) groups excluding carboxylic acids is 2. The summed E-state index contributed by atoms with van der Waals surface area (Å²) >= 11 is 6.16. The number of aromatic nitrogens is 1. The molecule has 1 aliphatic heterocycles. The van der Waals surface area contributed by atoms with Crippen LogP contribution in [0.15, 0.2) is 73.1 Å². The molecule has 0 saturated carbocycles. The van der Waals surface area contributed by atoms with Crippen LogP contribution in [-0.4, -0.2) is 47.9 Å². The molecule has 1 saturated heterocycles. The molecule has 2 heterocycles. The van der Waals surface area contributed by atoms with Crippen molar-refractivity contribution in [2.75, 3.05) is 36.4 Å². The largest absolute Gasteiger partial charge is 0.368 e. The number of hydrogen-bond acceptors (Lipinski definition) is 4. The first-order chi connectivity index (χ1) is 14.6. The molecule has 0 spiro atoms. The van der Waals surface area contributed by atoms with Gasteiger partial charge >= 0.3 is 0 Å². The van der Waals surface area contributed by atoms with Gasteiger partial charge in [-0.25, -0.2) is 0 Å². The van der Waals surface area contributed by atoms with Crippen LogP contribution in [0.3, 0.4) is 0 Å². The zero-order valence-corrected chi connectivity index (χ0v) is 17.0. The average molecular weight is 421 g/mol. The van der Waals surface area contributed by atoms with Crippen LogP contribution in [0.25, 0.3) is 0 Å². The van der Waals surface area contributed by atoms with Crippen LogP contribution < -0.4 is 10.2 Å². The molecule has 0 atom stereocenters. The molecule has 152 valence electrons. The third-order valence-corrected chi connectivity index (χ3v) is 5.41. The molecule has 0 radical (unpaired) electrons. The summed E-state index contributed by atoms with van der Waals surface area (Å²) < 4.78 is 0. The van der Waals surface area contributed by atoms with E-state index in [0.717, 1.165) is 24.5 Å². The molecule has 4 rings (SSSR count). The van der Waals surface area contributed by atoms with E-state index in [2.05, 4.69) is 15.2 Å². The Morgan fingerprint density at radius 3 is 2.30 bits per heavy atom. The Bertz CT molecular complexity index is 1030. The van der Waals surface area contributed by atoms with E-state index in [1.165, 1.54) is 6.20 Å². The highest BCUT2D eigenvalue weighted by atomic mass is 35.5. The highest BCUT2D eigenvalue weighted by molar-refractivity contribution is 6.33. The van der Waals surface area contributed by atoms with Gasteiger partial charge in [-0.15, -0.1) is 0 Å². The minimum Gasteiger partial charge on any atom is -0.368 e. The predicted molar refractivity (Wildman–Crippen MR) is 118 cm³/mol. The molecule has 2 aromatic carbocycles. The maximum atomic E-state index is 12.7. The molecule has 6 nitrogen and oxygen atoms in total. The van der Waals surface area contributed by atoms with Crippen LogP contribution in [0.4, 0.5) is 11.4 Å². The molecule has 1 N–H and O–H groups in total. The number of nitrogens with one attached hydrogen (secondary N) is 1. The molecule has 2 amide bonds. The lowest BCUT2D eigenvalue weighted by molar-refractivity contribution is 0.0747. The van der Waals surface area contributed by atoms with Crippen molar-refractivity contribution in [3.63, 3.8) is 0 Å². The average Bonchev–Trinajstić information content (AvgIpc) is 2.80. The molecule has 7 heteroatoms. The van der Waals surface area contributed by atoms with E-state index in [4.69, 9.17) is 11.6 Å². The van der Waals surface area contributed by atoms with Crippen molar-refractivity contribution in [1.82, 2.24) is 9.88 Å². The molecular formula is C23H21ClN4O2. The van der Waals surface area contributed by atoms with E-state index in [1.807, 2.05) is 41.3 Å².